The first-order valence-electron chi connectivity index (χ1n) is 4.10. The van der Waals surface area contributed by atoms with Gasteiger partial charge in [0.05, 0.1) is 6.61 Å². The summed E-state index contributed by atoms with van der Waals surface area (Å²) in [6.07, 6.45) is -1.26. The van der Waals surface area contributed by atoms with E-state index in [4.69, 9.17) is 5.11 Å². The third-order valence-corrected chi connectivity index (χ3v) is 2.47. The molecule has 1 heterocycles. The van der Waals surface area contributed by atoms with Crippen molar-refractivity contribution in [3.05, 3.63) is 0 Å². The van der Waals surface area contributed by atoms with Crippen LogP contribution in [0.5, 0.6) is 0 Å². The van der Waals surface area contributed by atoms with Crippen molar-refractivity contribution in [2.24, 2.45) is 5.92 Å². The molecule has 12 heavy (non-hydrogen) atoms. The van der Waals surface area contributed by atoms with E-state index in [1.54, 1.807) is 11.9 Å². The highest BCUT2D eigenvalue weighted by Crippen LogP contribution is 2.31. The zero-order valence-electron chi connectivity index (χ0n) is 7.43. The SMILES string of the molecule is CN1CC(F)C(CO)C(C)(F)C1. The van der Waals surface area contributed by atoms with Gasteiger partial charge in [0.1, 0.15) is 11.8 Å². The Kier molecular flexibility index (Phi) is 2.68. The molecule has 0 aromatic heterocycles. The lowest BCUT2D eigenvalue weighted by Crippen LogP contribution is -2.55. The molecule has 0 radical (unpaired) electrons. The van der Waals surface area contributed by atoms with Gasteiger partial charge in [-0.2, -0.15) is 0 Å². The minimum Gasteiger partial charge on any atom is -0.396 e. The zero-order valence-corrected chi connectivity index (χ0v) is 7.43. The summed E-state index contributed by atoms with van der Waals surface area (Å²) in [6, 6.07) is 0. The second kappa shape index (κ2) is 3.26. The lowest BCUT2D eigenvalue weighted by atomic mass is 9.84. The molecule has 0 amide bonds. The number of nitrogens with zero attached hydrogens (tertiary/aromatic N) is 1. The van der Waals surface area contributed by atoms with Gasteiger partial charge in [-0.15, -0.1) is 0 Å². The van der Waals surface area contributed by atoms with E-state index >= 15 is 0 Å². The molecular formula is C8H15F2NO. The fourth-order valence-corrected chi connectivity index (χ4v) is 1.82. The van der Waals surface area contributed by atoms with Crippen LogP contribution >= 0.6 is 0 Å². The monoisotopic (exact) mass is 179 g/mol. The number of piperidine rings is 1. The summed E-state index contributed by atoms with van der Waals surface area (Å²) in [5, 5.41) is 8.78. The molecule has 3 unspecified atom stereocenters. The maximum Gasteiger partial charge on any atom is 0.128 e. The van der Waals surface area contributed by atoms with Crippen LogP contribution in [0.1, 0.15) is 6.92 Å². The van der Waals surface area contributed by atoms with Gasteiger partial charge in [-0.05, 0) is 14.0 Å². The number of likely N-dealkylation sites (tertiary alicyclic amines) is 1. The van der Waals surface area contributed by atoms with E-state index < -0.39 is 24.4 Å². The molecular weight excluding hydrogens is 164 g/mol. The molecule has 1 aliphatic rings. The fourth-order valence-electron chi connectivity index (χ4n) is 1.82. The van der Waals surface area contributed by atoms with Crippen LogP contribution < -0.4 is 0 Å². The van der Waals surface area contributed by atoms with Crippen molar-refractivity contribution in [3.8, 4) is 0 Å². The van der Waals surface area contributed by atoms with Gasteiger partial charge in [0.15, 0.2) is 0 Å². The van der Waals surface area contributed by atoms with Gasteiger partial charge in [0, 0.05) is 19.0 Å². The number of alkyl halides is 2. The lowest BCUT2D eigenvalue weighted by molar-refractivity contribution is -0.0583. The summed E-state index contributed by atoms with van der Waals surface area (Å²) in [7, 11) is 1.68. The van der Waals surface area contributed by atoms with Gasteiger partial charge < -0.3 is 10.0 Å². The Hall–Kier alpha value is -0.220. The minimum atomic E-state index is -1.61. The molecule has 3 atom stereocenters. The summed E-state index contributed by atoms with van der Waals surface area (Å²) >= 11 is 0. The quantitative estimate of drug-likeness (QED) is 0.637. The molecule has 1 aliphatic heterocycles. The molecule has 2 nitrogen and oxygen atoms in total. The Morgan fingerprint density at radius 3 is 2.67 bits per heavy atom. The molecule has 4 heteroatoms. The second-order valence-corrected chi connectivity index (χ2v) is 3.78. The third-order valence-electron chi connectivity index (χ3n) is 2.47. The van der Waals surface area contributed by atoms with Gasteiger partial charge in [-0.1, -0.05) is 0 Å². The van der Waals surface area contributed by atoms with Crippen LogP contribution in [-0.4, -0.2) is 48.6 Å². The molecule has 0 saturated carbocycles. The zero-order chi connectivity index (χ0) is 9.35. The summed E-state index contributed by atoms with van der Waals surface area (Å²) in [4.78, 5) is 1.61. The van der Waals surface area contributed by atoms with Crippen molar-refractivity contribution in [3.63, 3.8) is 0 Å². The maximum absolute atomic E-state index is 13.6. The lowest BCUT2D eigenvalue weighted by Gasteiger charge is -2.40. The van der Waals surface area contributed by atoms with Crippen molar-refractivity contribution in [1.29, 1.82) is 0 Å². The fraction of sp³-hybridized carbons (Fsp3) is 1.00. The number of aliphatic hydroxyl groups excluding tert-OH is 1. The van der Waals surface area contributed by atoms with Crippen LogP contribution in [0.3, 0.4) is 0 Å². The molecule has 1 rings (SSSR count). The van der Waals surface area contributed by atoms with E-state index in [2.05, 4.69) is 0 Å². The van der Waals surface area contributed by atoms with Crippen LogP contribution in [0.2, 0.25) is 0 Å². The first-order chi connectivity index (χ1) is 5.47. The highest BCUT2D eigenvalue weighted by molar-refractivity contribution is 4.94. The largest absolute Gasteiger partial charge is 0.396 e. The van der Waals surface area contributed by atoms with Crippen LogP contribution in [0, 0.1) is 5.92 Å². The normalized spacial score (nSPS) is 44.8. The molecule has 72 valence electrons. The van der Waals surface area contributed by atoms with Gasteiger partial charge in [0.25, 0.3) is 0 Å². The molecule has 1 N–H and O–H groups in total. The van der Waals surface area contributed by atoms with Gasteiger partial charge in [-0.25, -0.2) is 8.78 Å². The summed E-state index contributed by atoms with van der Waals surface area (Å²) in [6.45, 7) is 1.33. The Bertz CT molecular complexity index is 163. The van der Waals surface area contributed by atoms with E-state index in [0.717, 1.165) is 0 Å². The van der Waals surface area contributed by atoms with E-state index in [-0.39, 0.29) is 13.1 Å². The van der Waals surface area contributed by atoms with Crippen LogP contribution in [0.25, 0.3) is 0 Å². The third kappa shape index (κ3) is 1.75. The Morgan fingerprint density at radius 2 is 2.25 bits per heavy atom. The number of rotatable bonds is 1. The second-order valence-electron chi connectivity index (χ2n) is 3.78. The molecule has 1 fully saturated rings. The predicted molar refractivity (Wildman–Crippen MR) is 42.5 cm³/mol. The number of hydrogen-bond donors (Lipinski definition) is 1. The van der Waals surface area contributed by atoms with Crippen molar-refractivity contribution in [1.82, 2.24) is 4.90 Å². The number of halogens is 2. The first kappa shape index (κ1) is 9.86. The van der Waals surface area contributed by atoms with E-state index in [0.29, 0.717) is 0 Å². The highest BCUT2D eigenvalue weighted by atomic mass is 19.2. The topological polar surface area (TPSA) is 23.5 Å². The van der Waals surface area contributed by atoms with Crippen molar-refractivity contribution in [2.45, 2.75) is 18.8 Å². The van der Waals surface area contributed by atoms with Crippen molar-refractivity contribution in [2.75, 3.05) is 26.7 Å². The average Bonchev–Trinajstić information content (AvgIpc) is 1.82. The predicted octanol–water partition coefficient (Wildman–Crippen LogP) is 0.607. The molecule has 0 aromatic carbocycles. The molecule has 0 aromatic rings. The van der Waals surface area contributed by atoms with Crippen LogP contribution in [-0.2, 0) is 0 Å². The molecule has 0 bridgehead atoms. The highest BCUT2D eigenvalue weighted by Gasteiger charge is 2.44. The van der Waals surface area contributed by atoms with Crippen molar-refractivity contribution >= 4 is 0 Å². The Morgan fingerprint density at radius 1 is 1.67 bits per heavy atom. The van der Waals surface area contributed by atoms with Gasteiger partial charge in [0.2, 0.25) is 0 Å². The standard InChI is InChI=1S/C8H15F2NO/c1-8(10)5-11(2)3-7(9)6(8)4-12/h6-7,12H,3-5H2,1-2H3. The molecule has 0 aliphatic carbocycles. The van der Waals surface area contributed by atoms with E-state index in [9.17, 15) is 8.78 Å². The maximum atomic E-state index is 13.6. The summed E-state index contributed by atoms with van der Waals surface area (Å²) < 4.78 is 26.7. The number of hydrogen-bond acceptors (Lipinski definition) is 2. The smallest absolute Gasteiger partial charge is 0.128 e. The summed E-state index contributed by atoms with van der Waals surface area (Å²) in [5.74, 6) is -0.867. The van der Waals surface area contributed by atoms with Gasteiger partial charge in [-0.3, -0.25) is 0 Å². The first-order valence-corrected chi connectivity index (χ1v) is 4.10. The van der Waals surface area contributed by atoms with Crippen LogP contribution in [0.4, 0.5) is 8.78 Å². The molecule has 1 saturated heterocycles. The van der Waals surface area contributed by atoms with Gasteiger partial charge >= 0.3 is 0 Å². The van der Waals surface area contributed by atoms with Crippen LogP contribution in [0.15, 0.2) is 0 Å². The van der Waals surface area contributed by atoms with Crippen molar-refractivity contribution < 1.29 is 13.9 Å². The van der Waals surface area contributed by atoms with E-state index in [1.807, 2.05) is 0 Å². The summed E-state index contributed by atoms with van der Waals surface area (Å²) in [5.41, 5.74) is -1.61. The average molecular weight is 179 g/mol. The Balaban J connectivity index is 2.71. The van der Waals surface area contributed by atoms with E-state index in [1.165, 1.54) is 6.92 Å². The molecule has 0 spiro atoms. The Labute approximate surface area is 71.2 Å². The number of aliphatic hydroxyl groups is 1. The minimum absolute atomic E-state index is 0.193.